The third-order valence-corrected chi connectivity index (χ3v) is 12.7. The Morgan fingerprint density at radius 2 is 0.375 bits per heavy atom. The molecular formula is C56H32. The average molecular weight is 705 g/mol. The quantitative estimate of drug-likeness (QED) is 0.126. The lowest BCUT2D eigenvalue weighted by Crippen LogP contribution is -1.89. The Morgan fingerprint density at radius 3 is 0.607 bits per heavy atom. The summed E-state index contributed by atoms with van der Waals surface area (Å²) in [5, 5.41) is 10.8. The highest BCUT2D eigenvalue weighted by Gasteiger charge is 2.32. The van der Waals surface area contributed by atoms with E-state index in [0.29, 0.717) is 0 Å². The second kappa shape index (κ2) is 11.1. The number of fused-ring (bicyclic) bond motifs is 8. The minimum atomic E-state index is 1.25. The van der Waals surface area contributed by atoms with Gasteiger partial charge in [0.25, 0.3) is 0 Å². The van der Waals surface area contributed by atoms with Crippen molar-refractivity contribution in [2.24, 2.45) is 0 Å². The van der Waals surface area contributed by atoms with Crippen molar-refractivity contribution in [3.05, 3.63) is 194 Å². The van der Waals surface area contributed by atoms with Crippen LogP contribution >= 0.6 is 0 Å². The zero-order chi connectivity index (χ0) is 36.5. The lowest BCUT2D eigenvalue weighted by Gasteiger charge is -2.17. The first-order valence-electron chi connectivity index (χ1n) is 19.6. The SMILES string of the molecule is c1ccc(-c2ccc(-c3ccccc3)c3c2-c2ccc4c5ccc6c7c(ccc(c8ccc-3c2c48)c75)-c2c(-c3ccccc3)ccc(-c3ccccc3)c2-6)cc1. The van der Waals surface area contributed by atoms with E-state index >= 15 is 0 Å². The van der Waals surface area contributed by atoms with Gasteiger partial charge in [0.2, 0.25) is 0 Å². The van der Waals surface area contributed by atoms with Crippen molar-refractivity contribution in [2.75, 3.05) is 0 Å². The van der Waals surface area contributed by atoms with Crippen LogP contribution in [0.1, 0.15) is 0 Å². The molecule has 0 amide bonds. The van der Waals surface area contributed by atoms with Gasteiger partial charge in [-0.05, 0) is 132 Å². The van der Waals surface area contributed by atoms with Crippen LogP contribution in [-0.2, 0) is 0 Å². The molecule has 0 spiro atoms. The van der Waals surface area contributed by atoms with E-state index in [1.165, 1.54) is 132 Å². The Hall–Kier alpha value is -7.28. The summed E-state index contributed by atoms with van der Waals surface area (Å²) in [5.74, 6) is 0. The van der Waals surface area contributed by atoms with Crippen LogP contribution < -0.4 is 0 Å². The van der Waals surface area contributed by atoms with Crippen LogP contribution in [0.5, 0.6) is 0 Å². The molecule has 11 aromatic carbocycles. The topological polar surface area (TPSA) is 0 Å². The van der Waals surface area contributed by atoms with Gasteiger partial charge in [0.15, 0.2) is 0 Å². The van der Waals surface area contributed by atoms with E-state index in [4.69, 9.17) is 0 Å². The van der Waals surface area contributed by atoms with Gasteiger partial charge in [0.05, 0.1) is 0 Å². The summed E-state index contributed by atoms with van der Waals surface area (Å²) in [6.45, 7) is 0. The van der Waals surface area contributed by atoms with Gasteiger partial charge >= 0.3 is 0 Å². The standard InChI is InChI=1S/C56H32/c1-5-13-33(14-6-1)37-21-22-38(34-15-7-2-8-16-34)50-46-30-26-42-44-28-32-48-52-40(36-19-11-4-12-20-36)24-23-39(35-17-9-3-10-18-35)51(52)47-31-27-43(54(44)56(47)48)41-25-29-45(49(37)50)55(46)53(41)42/h1-32H. The van der Waals surface area contributed by atoms with E-state index in [2.05, 4.69) is 194 Å². The lowest BCUT2D eigenvalue weighted by atomic mass is 9.86. The first-order chi connectivity index (χ1) is 27.8. The van der Waals surface area contributed by atoms with Crippen molar-refractivity contribution in [3.63, 3.8) is 0 Å². The molecule has 0 N–H and O–H groups in total. The smallest absolute Gasteiger partial charge is 0.00134 e. The molecule has 0 saturated carbocycles. The molecule has 2 aliphatic carbocycles. The molecule has 0 saturated heterocycles. The zero-order valence-electron chi connectivity index (χ0n) is 30.5. The summed E-state index contributed by atoms with van der Waals surface area (Å²) in [6.07, 6.45) is 0. The molecule has 0 heterocycles. The number of hydrogen-bond donors (Lipinski definition) is 0. The van der Waals surface area contributed by atoms with Gasteiger partial charge < -0.3 is 0 Å². The molecule has 13 rings (SSSR count). The number of hydrogen-bond acceptors (Lipinski definition) is 0. The highest BCUT2D eigenvalue weighted by molar-refractivity contribution is 6.41. The van der Waals surface area contributed by atoms with Crippen LogP contribution in [0.2, 0.25) is 0 Å². The van der Waals surface area contributed by atoms with Crippen LogP contribution in [0.3, 0.4) is 0 Å². The molecule has 0 radical (unpaired) electrons. The molecule has 0 bridgehead atoms. The molecule has 0 aromatic heterocycles. The second-order valence-corrected chi connectivity index (χ2v) is 15.4. The maximum absolute atomic E-state index is 2.42. The summed E-state index contributed by atoms with van der Waals surface area (Å²) in [6, 6.07) is 72.4. The number of rotatable bonds is 4. The van der Waals surface area contributed by atoms with Crippen LogP contribution in [0.4, 0.5) is 0 Å². The van der Waals surface area contributed by atoms with Gasteiger partial charge in [-0.25, -0.2) is 0 Å². The fourth-order valence-electron chi connectivity index (χ4n) is 10.5. The largest absolute Gasteiger partial charge is 0.0622 e. The molecule has 0 nitrogen and oxygen atoms in total. The Balaban J connectivity index is 1.13. The molecule has 256 valence electrons. The van der Waals surface area contributed by atoms with Crippen LogP contribution in [0.15, 0.2) is 194 Å². The van der Waals surface area contributed by atoms with Gasteiger partial charge in [-0.15, -0.1) is 0 Å². The molecule has 11 aromatic rings. The summed E-state index contributed by atoms with van der Waals surface area (Å²) >= 11 is 0. The van der Waals surface area contributed by atoms with E-state index in [1.54, 1.807) is 0 Å². The molecule has 0 unspecified atom stereocenters. The molecule has 56 heavy (non-hydrogen) atoms. The first-order valence-corrected chi connectivity index (χ1v) is 19.6. The third-order valence-electron chi connectivity index (χ3n) is 12.7. The van der Waals surface area contributed by atoms with Gasteiger partial charge in [0, 0.05) is 0 Å². The summed E-state index contributed by atoms with van der Waals surface area (Å²) in [4.78, 5) is 0. The minimum absolute atomic E-state index is 1.25. The predicted molar refractivity (Wildman–Crippen MR) is 238 cm³/mol. The molecule has 0 heteroatoms. The number of benzene rings is 11. The van der Waals surface area contributed by atoms with Gasteiger partial charge in [0.1, 0.15) is 0 Å². The first kappa shape index (κ1) is 30.1. The molecule has 0 atom stereocenters. The maximum Gasteiger partial charge on any atom is -0.00134 e. The lowest BCUT2D eigenvalue weighted by molar-refractivity contribution is 1.59. The normalized spacial score (nSPS) is 12.3. The Labute approximate surface area is 324 Å². The van der Waals surface area contributed by atoms with E-state index < -0.39 is 0 Å². The van der Waals surface area contributed by atoms with Crippen molar-refractivity contribution in [1.29, 1.82) is 0 Å². The Bertz CT molecular complexity index is 2960. The van der Waals surface area contributed by atoms with Crippen molar-refractivity contribution in [2.45, 2.75) is 0 Å². The predicted octanol–water partition coefficient (Wildman–Crippen LogP) is 15.7. The van der Waals surface area contributed by atoms with E-state index in [-0.39, 0.29) is 0 Å². The average Bonchev–Trinajstić information content (AvgIpc) is 3.80. The van der Waals surface area contributed by atoms with E-state index in [0.717, 1.165) is 0 Å². The Kier molecular flexibility index (Phi) is 5.98. The molecular weight excluding hydrogens is 673 g/mol. The zero-order valence-corrected chi connectivity index (χ0v) is 30.5. The highest BCUT2D eigenvalue weighted by atomic mass is 14.3. The van der Waals surface area contributed by atoms with Crippen LogP contribution in [0, 0.1) is 0 Å². The van der Waals surface area contributed by atoms with Gasteiger partial charge in [-0.3, -0.25) is 0 Å². The monoisotopic (exact) mass is 704 g/mol. The van der Waals surface area contributed by atoms with Gasteiger partial charge in [-0.2, -0.15) is 0 Å². The van der Waals surface area contributed by atoms with Crippen molar-refractivity contribution in [1.82, 2.24) is 0 Å². The second-order valence-electron chi connectivity index (χ2n) is 15.4. The fraction of sp³-hybridized carbons (Fsp3) is 0. The Morgan fingerprint density at radius 1 is 0.161 bits per heavy atom. The van der Waals surface area contributed by atoms with Crippen molar-refractivity contribution in [3.8, 4) is 89.0 Å². The molecule has 0 aliphatic heterocycles. The van der Waals surface area contributed by atoms with E-state index in [9.17, 15) is 0 Å². The minimum Gasteiger partial charge on any atom is -0.0622 e. The fourth-order valence-corrected chi connectivity index (χ4v) is 10.5. The summed E-state index contributed by atoms with van der Waals surface area (Å²) < 4.78 is 0. The van der Waals surface area contributed by atoms with Crippen LogP contribution in [-0.4, -0.2) is 0 Å². The van der Waals surface area contributed by atoms with Crippen molar-refractivity contribution >= 4 is 43.1 Å². The van der Waals surface area contributed by atoms with E-state index in [1.807, 2.05) is 0 Å². The summed E-state index contributed by atoms with van der Waals surface area (Å²) in [5.41, 5.74) is 20.8. The molecule has 2 aliphatic rings. The van der Waals surface area contributed by atoms with Crippen molar-refractivity contribution < 1.29 is 0 Å². The van der Waals surface area contributed by atoms with Gasteiger partial charge in [-0.1, -0.05) is 194 Å². The highest BCUT2D eigenvalue weighted by Crippen LogP contribution is 2.60. The van der Waals surface area contributed by atoms with Crippen LogP contribution in [0.25, 0.3) is 132 Å². The maximum atomic E-state index is 2.42. The molecule has 0 fully saturated rings. The summed E-state index contributed by atoms with van der Waals surface area (Å²) in [7, 11) is 0. The third kappa shape index (κ3) is 3.88.